The van der Waals surface area contributed by atoms with Crippen LogP contribution in [-0.2, 0) is 0 Å². The van der Waals surface area contributed by atoms with Crippen LogP contribution in [0.25, 0.3) is 0 Å². The van der Waals surface area contributed by atoms with Gasteiger partial charge in [0.1, 0.15) is 0 Å². The highest BCUT2D eigenvalue weighted by atomic mass is 31.8. The Bertz CT molecular complexity index is 137. The Morgan fingerprint density at radius 2 is 0.615 bits per heavy atom. The molecule has 0 aromatic carbocycles. The van der Waals surface area contributed by atoms with E-state index < -0.39 is 32.8 Å². The van der Waals surface area contributed by atoms with Crippen molar-refractivity contribution in [2.45, 2.75) is 0 Å². The summed E-state index contributed by atoms with van der Waals surface area (Å²) >= 11 is 0. The summed E-state index contributed by atoms with van der Waals surface area (Å²) in [7, 11) is -22.9. The van der Waals surface area contributed by atoms with E-state index in [-0.39, 0.29) is 0 Å². The molecule has 0 nitrogen and oxygen atoms in total. The predicted octanol–water partition coefficient (Wildman–Crippen LogP) is 3.50. The van der Waals surface area contributed by atoms with Crippen molar-refractivity contribution in [3.63, 3.8) is 0 Å². The number of halogens is 9. The Morgan fingerprint density at radius 3 is 0.615 bits per heavy atom. The minimum Gasteiger partial charge on any atom is -0.234 e. The van der Waals surface area contributed by atoms with Gasteiger partial charge < -0.3 is 0 Å². The number of rotatable bonds is 3. The fourth-order valence-corrected chi connectivity index (χ4v) is 11.6. The molecule has 0 aromatic heterocycles. The third-order valence-electron chi connectivity index (χ3n) is 0.761. The van der Waals surface area contributed by atoms with Gasteiger partial charge in [-0.3, -0.25) is 0 Å². The molecule has 0 fully saturated rings. The van der Waals surface area contributed by atoms with Gasteiger partial charge in [-0.1, -0.05) is 0 Å². The third kappa shape index (κ3) is 3.99. The summed E-state index contributed by atoms with van der Waals surface area (Å²) in [6.07, 6.45) is 0. The molecule has 0 aliphatic heterocycles. The molecule has 0 atom stereocenters. The minimum atomic E-state index is -7.62. The van der Waals surface area contributed by atoms with E-state index >= 15 is 0 Å². The fourth-order valence-electron chi connectivity index (χ4n) is 0.431. The highest BCUT2D eigenvalue weighted by Gasteiger charge is 2.79. The van der Waals surface area contributed by atoms with Crippen molar-refractivity contribution in [2.24, 2.45) is 0 Å². The zero-order valence-corrected chi connectivity index (χ0v) is 9.24. The summed E-state index contributed by atoms with van der Waals surface area (Å²) in [4.78, 5) is 0. The van der Waals surface area contributed by atoms with E-state index in [1.54, 1.807) is 0 Å². The summed E-state index contributed by atoms with van der Waals surface area (Å²) < 4.78 is 104. The molecule has 0 amide bonds. The lowest BCUT2D eigenvalue weighted by molar-refractivity contribution is 0.489. The van der Waals surface area contributed by atoms with Crippen LogP contribution in [0.5, 0.6) is 0 Å². The van der Waals surface area contributed by atoms with Gasteiger partial charge in [-0.05, 0) is 0 Å². The summed E-state index contributed by atoms with van der Waals surface area (Å²) in [5.74, 6) is 0. The average molecular weight is 286 g/mol. The predicted molar refractivity (Wildman–Crippen MR) is 34.2 cm³/mol. The van der Waals surface area contributed by atoms with Crippen LogP contribution in [0.15, 0.2) is 0 Å². The van der Waals surface area contributed by atoms with Crippen molar-refractivity contribution in [3.05, 3.63) is 0 Å². The van der Waals surface area contributed by atoms with Gasteiger partial charge in [-0.2, -0.15) is 0 Å². The van der Waals surface area contributed by atoms with Crippen LogP contribution in [0.2, 0.25) is 0 Å². The van der Waals surface area contributed by atoms with E-state index in [4.69, 9.17) is 0 Å². The average Bonchev–Trinajstić information content (AvgIpc) is 1.44. The molecule has 0 rings (SSSR count). The van der Waals surface area contributed by atoms with E-state index in [2.05, 4.69) is 0 Å². The Balaban J connectivity index is 5.02. The highest BCUT2D eigenvalue weighted by molar-refractivity contribution is 8.32. The topological polar surface area (TPSA) is 0 Å². The van der Waals surface area contributed by atoms with Crippen LogP contribution in [0.4, 0.5) is 37.0 Å². The van der Waals surface area contributed by atoms with Crippen molar-refractivity contribution in [1.29, 1.82) is 0 Å². The van der Waals surface area contributed by atoms with Crippen LogP contribution in [0, 0.1) is 0 Å². The zero-order chi connectivity index (χ0) is 11.1. The first kappa shape index (κ1) is 13.5. The standard InChI is InChI=1S/F9PSi3/c1-11(2,3)10(12(4,5)6)13(7,8)9/i11+0,12+0,13+0. The molecule has 0 saturated carbocycles. The van der Waals surface area contributed by atoms with Gasteiger partial charge in [0, 0.05) is 0 Å². The molecule has 0 aliphatic rings. The van der Waals surface area contributed by atoms with Gasteiger partial charge in [0.2, 0.25) is 0 Å². The molecular formula is F9PSi3. The zero-order valence-electron chi connectivity index (χ0n) is 5.35. The molecule has 0 unspecified atom stereocenters. The minimum absolute atomic E-state index is 5.57. The maximum atomic E-state index is 11.5. The smallest absolute Gasteiger partial charge is 0.234 e. The van der Waals surface area contributed by atoms with Crippen molar-refractivity contribution >= 4 is 32.8 Å². The molecule has 0 aromatic rings. The Morgan fingerprint density at radius 1 is 0.462 bits per heavy atom. The number of hydrogen-bond donors (Lipinski definition) is 0. The van der Waals surface area contributed by atoms with Gasteiger partial charge in [0.15, 0.2) is 6.57 Å². The lowest BCUT2D eigenvalue weighted by atomic mass is 18.7. The highest BCUT2D eigenvalue weighted by Crippen LogP contribution is 2.65. The van der Waals surface area contributed by atoms with Crippen molar-refractivity contribution < 1.29 is 37.0 Å². The molecule has 80 valence electrons. The monoisotopic (exact) mass is 286 g/mol. The second-order valence-corrected chi connectivity index (χ2v) is 17.8. The summed E-state index contributed by atoms with van der Waals surface area (Å²) in [5, 5.41) is 0. The van der Waals surface area contributed by atoms with Crippen LogP contribution >= 0.6 is 6.57 Å². The lowest BCUT2D eigenvalue weighted by Crippen LogP contribution is -2.38. The van der Waals surface area contributed by atoms with Gasteiger partial charge in [-0.25, -0.2) is 37.0 Å². The molecule has 13 heavy (non-hydrogen) atoms. The maximum absolute atomic E-state index is 11.5. The van der Waals surface area contributed by atoms with Crippen molar-refractivity contribution in [1.82, 2.24) is 0 Å². The molecule has 0 radical (unpaired) electrons. The first-order chi connectivity index (χ1) is 5.37. The molecule has 0 heterocycles. The number of hydrogen-bond acceptors (Lipinski definition) is 0. The van der Waals surface area contributed by atoms with Crippen molar-refractivity contribution in [2.75, 3.05) is 0 Å². The first-order valence-electron chi connectivity index (χ1n) is 2.37. The van der Waals surface area contributed by atoms with E-state index in [1.807, 2.05) is 0 Å². The molecular weight excluding hydrogens is 286 g/mol. The molecule has 0 aliphatic carbocycles. The lowest BCUT2D eigenvalue weighted by Gasteiger charge is -2.17. The largest absolute Gasteiger partial charge is 0.650 e. The molecule has 0 N–H and O–H groups in total. The van der Waals surface area contributed by atoms with Gasteiger partial charge >= 0.3 is 26.2 Å². The molecule has 0 saturated heterocycles. The molecule has 0 bridgehead atoms. The van der Waals surface area contributed by atoms with Gasteiger partial charge in [0.25, 0.3) is 0 Å². The Kier molecular flexibility index (Phi) is 3.67. The third-order valence-corrected chi connectivity index (χ3v) is 20.5. The van der Waals surface area contributed by atoms with E-state index in [0.29, 0.717) is 0 Å². The Labute approximate surface area is 70.6 Å². The summed E-state index contributed by atoms with van der Waals surface area (Å²) in [5.41, 5.74) is 0. The molecule has 13 heteroatoms. The summed E-state index contributed by atoms with van der Waals surface area (Å²) in [6, 6.07) is 0. The van der Waals surface area contributed by atoms with Crippen molar-refractivity contribution in [3.8, 4) is 0 Å². The SMILES string of the molecule is F[28Si](F)(F)P([28Si](F)(F)F)[28Si](F)(F)F. The fraction of sp³-hybridized carbons (Fsp3) is 0. The summed E-state index contributed by atoms with van der Waals surface area (Å²) in [6.45, 7) is -5.57. The van der Waals surface area contributed by atoms with Crippen LogP contribution in [0.1, 0.15) is 0 Å². The van der Waals surface area contributed by atoms with Gasteiger partial charge in [0.05, 0.1) is 0 Å². The second-order valence-electron chi connectivity index (χ2n) is 1.74. The molecule has 0 spiro atoms. The normalized spacial score (nSPS) is 15.2. The van der Waals surface area contributed by atoms with E-state index in [1.165, 1.54) is 0 Å². The van der Waals surface area contributed by atoms with Crippen LogP contribution < -0.4 is 0 Å². The quantitative estimate of drug-likeness (QED) is 0.322. The van der Waals surface area contributed by atoms with E-state index in [9.17, 15) is 37.0 Å². The van der Waals surface area contributed by atoms with E-state index in [0.717, 1.165) is 0 Å². The Hall–Kier alpha value is 0.451. The van der Waals surface area contributed by atoms with Crippen LogP contribution in [-0.4, -0.2) is 26.2 Å². The first-order valence-corrected chi connectivity index (χ1v) is 11.1. The van der Waals surface area contributed by atoms with Crippen LogP contribution in [0.3, 0.4) is 0 Å². The maximum Gasteiger partial charge on any atom is 0.650 e. The van der Waals surface area contributed by atoms with Gasteiger partial charge in [-0.15, -0.1) is 0 Å². The second kappa shape index (κ2) is 3.55.